The fourth-order valence-corrected chi connectivity index (χ4v) is 5.29. The molecule has 0 radical (unpaired) electrons. The number of esters is 1. The summed E-state index contributed by atoms with van der Waals surface area (Å²) >= 11 is 4.51. The maximum Gasteiger partial charge on any atom is 0.350 e. The summed E-state index contributed by atoms with van der Waals surface area (Å²) in [5.74, 6) is -1.17. The number of nitrogens with zero attached hydrogens (tertiary/aromatic N) is 1. The normalized spacial score (nSPS) is 11.2. The standard InChI is InChI=1S/C19H15BrFNO4S2/c1-26-19(23)18-17(10-11-27-18)22(12-13-4-2-3-5-16(13)20)28(24,25)15-8-6-14(21)7-9-15/h2-11H,12H2,1H3. The third-order valence-corrected chi connectivity index (χ3v) is 7.39. The van der Waals surface area contributed by atoms with E-state index in [4.69, 9.17) is 4.74 Å². The molecule has 0 spiro atoms. The average molecular weight is 484 g/mol. The molecule has 0 saturated heterocycles. The lowest BCUT2D eigenvalue weighted by Gasteiger charge is -2.25. The Labute approximate surface area is 174 Å². The van der Waals surface area contributed by atoms with Gasteiger partial charge in [-0.3, -0.25) is 4.31 Å². The van der Waals surface area contributed by atoms with E-state index in [9.17, 15) is 17.6 Å². The van der Waals surface area contributed by atoms with Crippen molar-refractivity contribution < 1.29 is 22.3 Å². The molecule has 3 rings (SSSR count). The second-order valence-electron chi connectivity index (χ2n) is 5.68. The number of methoxy groups -OCH3 is 1. The highest BCUT2D eigenvalue weighted by Gasteiger charge is 2.30. The topological polar surface area (TPSA) is 63.7 Å². The van der Waals surface area contributed by atoms with E-state index in [-0.39, 0.29) is 22.0 Å². The van der Waals surface area contributed by atoms with E-state index in [2.05, 4.69) is 15.9 Å². The van der Waals surface area contributed by atoms with Crippen LogP contribution in [0.3, 0.4) is 0 Å². The molecule has 0 aliphatic carbocycles. The number of ether oxygens (including phenoxy) is 1. The highest BCUT2D eigenvalue weighted by Crippen LogP contribution is 2.34. The smallest absolute Gasteiger partial charge is 0.350 e. The van der Waals surface area contributed by atoms with Crippen molar-refractivity contribution in [2.45, 2.75) is 11.4 Å². The van der Waals surface area contributed by atoms with Crippen molar-refractivity contribution in [3.8, 4) is 0 Å². The minimum Gasteiger partial charge on any atom is -0.465 e. The molecule has 0 unspecified atom stereocenters. The minimum absolute atomic E-state index is 0.0259. The molecular formula is C19H15BrFNO4S2. The van der Waals surface area contributed by atoms with Gasteiger partial charge in [0.1, 0.15) is 10.7 Å². The van der Waals surface area contributed by atoms with Crippen LogP contribution in [-0.4, -0.2) is 21.5 Å². The van der Waals surface area contributed by atoms with Gasteiger partial charge in [-0.15, -0.1) is 11.3 Å². The first-order chi connectivity index (χ1) is 13.3. The van der Waals surface area contributed by atoms with Crippen molar-refractivity contribution in [1.82, 2.24) is 0 Å². The first kappa shape index (κ1) is 20.5. The third kappa shape index (κ3) is 4.11. The predicted octanol–water partition coefficient (Wildman–Crippen LogP) is 4.83. The van der Waals surface area contributed by atoms with Crippen molar-refractivity contribution >= 4 is 48.9 Å². The van der Waals surface area contributed by atoms with E-state index in [0.717, 1.165) is 32.2 Å². The first-order valence-corrected chi connectivity index (χ1v) is 11.1. The Morgan fingerprint density at radius 2 is 1.82 bits per heavy atom. The molecule has 0 amide bonds. The maximum absolute atomic E-state index is 13.4. The molecule has 0 aliphatic heterocycles. The number of rotatable bonds is 6. The van der Waals surface area contributed by atoms with E-state index < -0.39 is 21.8 Å². The Morgan fingerprint density at radius 1 is 1.14 bits per heavy atom. The Balaban J connectivity index is 2.15. The summed E-state index contributed by atoms with van der Waals surface area (Å²) in [6.07, 6.45) is 0. The van der Waals surface area contributed by atoms with Crippen LogP contribution in [-0.2, 0) is 21.3 Å². The zero-order valence-electron chi connectivity index (χ0n) is 14.6. The lowest BCUT2D eigenvalue weighted by atomic mass is 10.2. The zero-order valence-corrected chi connectivity index (χ0v) is 17.9. The molecule has 1 heterocycles. The molecule has 3 aromatic rings. The van der Waals surface area contributed by atoms with Gasteiger partial charge in [0.2, 0.25) is 0 Å². The van der Waals surface area contributed by atoms with Gasteiger partial charge in [-0.1, -0.05) is 34.1 Å². The molecule has 28 heavy (non-hydrogen) atoms. The van der Waals surface area contributed by atoms with Gasteiger partial charge in [-0.25, -0.2) is 17.6 Å². The van der Waals surface area contributed by atoms with E-state index in [0.29, 0.717) is 5.56 Å². The summed E-state index contributed by atoms with van der Waals surface area (Å²) in [7, 11) is -2.84. The van der Waals surface area contributed by atoms with Crippen LogP contribution in [0.25, 0.3) is 0 Å². The van der Waals surface area contributed by atoms with Crippen LogP contribution in [0, 0.1) is 5.82 Å². The highest BCUT2D eigenvalue weighted by molar-refractivity contribution is 9.10. The van der Waals surface area contributed by atoms with Crippen LogP contribution in [0.15, 0.2) is 69.3 Å². The Bertz CT molecular complexity index is 1100. The number of halogens is 2. The van der Waals surface area contributed by atoms with Crippen molar-refractivity contribution in [3.05, 3.63) is 80.7 Å². The summed E-state index contributed by atoms with van der Waals surface area (Å²) in [4.78, 5) is 12.2. The Hall–Kier alpha value is -2.23. The number of carbonyl (C=O) groups is 1. The van der Waals surface area contributed by atoms with Crippen LogP contribution in [0.4, 0.5) is 10.1 Å². The van der Waals surface area contributed by atoms with Crippen molar-refractivity contribution in [1.29, 1.82) is 0 Å². The number of hydrogen-bond donors (Lipinski definition) is 0. The molecule has 146 valence electrons. The fraction of sp³-hybridized carbons (Fsp3) is 0.105. The van der Waals surface area contributed by atoms with Gasteiger partial charge in [0.15, 0.2) is 0 Å². The highest BCUT2D eigenvalue weighted by atomic mass is 79.9. The van der Waals surface area contributed by atoms with Gasteiger partial charge in [-0.05, 0) is 47.3 Å². The quantitative estimate of drug-likeness (QED) is 0.471. The first-order valence-electron chi connectivity index (χ1n) is 8.02. The molecule has 0 N–H and O–H groups in total. The van der Waals surface area contributed by atoms with Gasteiger partial charge >= 0.3 is 5.97 Å². The molecule has 5 nitrogen and oxygen atoms in total. The summed E-state index contributed by atoms with van der Waals surface area (Å²) in [6.45, 7) is -0.0259. The van der Waals surface area contributed by atoms with Gasteiger partial charge in [0.05, 0.1) is 24.2 Å². The predicted molar refractivity (Wildman–Crippen MR) is 110 cm³/mol. The van der Waals surface area contributed by atoms with Crippen LogP contribution in [0.5, 0.6) is 0 Å². The zero-order chi connectivity index (χ0) is 20.3. The molecule has 0 bridgehead atoms. The summed E-state index contributed by atoms with van der Waals surface area (Å²) in [5.41, 5.74) is 0.909. The summed E-state index contributed by atoms with van der Waals surface area (Å²) < 4.78 is 46.7. The molecule has 0 atom stereocenters. The van der Waals surface area contributed by atoms with Gasteiger partial charge in [-0.2, -0.15) is 0 Å². The van der Waals surface area contributed by atoms with Crippen molar-refractivity contribution in [2.24, 2.45) is 0 Å². The number of carbonyl (C=O) groups excluding carboxylic acids is 1. The number of sulfonamides is 1. The summed E-state index contributed by atoms with van der Waals surface area (Å²) in [6, 6.07) is 13.3. The fourth-order valence-electron chi connectivity index (χ4n) is 2.56. The van der Waals surface area contributed by atoms with Crippen LogP contribution in [0.1, 0.15) is 15.2 Å². The van der Waals surface area contributed by atoms with E-state index in [1.165, 1.54) is 19.2 Å². The summed E-state index contributed by atoms with van der Waals surface area (Å²) in [5, 5.41) is 1.62. The number of anilines is 1. The second-order valence-corrected chi connectivity index (χ2v) is 9.32. The lowest BCUT2D eigenvalue weighted by molar-refractivity contribution is 0.0607. The van der Waals surface area contributed by atoms with Crippen LogP contribution in [0.2, 0.25) is 0 Å². The molecule has 0 aliphatic rings. The number of benzene rings is 2. The van der Waals surface area contributed by atoms with E-state index in [1.54, 1.807) is 29.6 Å². The Kier molecular flexibility index (Phi) is 6.17. The Morgan fingerprint density at radius 3 is 2.46 bits per heavy atom. The average Bonchev–Trinajstić information content (AvgIpc) is 3.16. The third-order valence-electron chi connectivity index (χ3n) is 3.96. The van der Waals surface area contributed by atoms with Gasteiger partial charge in [0, 0.05) is 4.47 Å². The minimum atomic E-state index is -4.08. The second kappa shape index (κ2) is 8.42. The van der Waals surface area contributed by atoms with Gasteiger partial charge in [0.25, 0.3) is 10.0 Å². The largest absolute Gasteiger partial charge is 0.465 e. The molecule has 1 aromatic heterocycles. The molecule has 2 aromatic carbocycles. The molecular weight excluding hydrogens is 469 g/mol. The van der Waals surface area contributed by atoms with Crippen LogP contribution < -0.4 is 4.31 Å². The van der Waals surface area contributed by atoms with Crippen molar-refractivity contribution in [2.75, 3.05) is 11.4 Å². The van der Waals surface area contributed by atoms with Gasteiger partial charge < -0.3 is 4.74 Å². The molecule has 0 saturated carbocycles. The maximum atomic E-state index is 13.4. The van der Waals surface area contributed by atoms with Crippen molar-refractivity contribution in [3.63, 3.8) is 0 Å². The van der Waals surface area contributed by atoms with E-state index >= 15 is 0 Å². The van der Waals surface area contributed by atoms with E-state index in [1.807, 2.05) is 6.07 Å². The SMILES string of the molecule is COC(=O)c1sccc1N(Cc1ccccc1Br)S(=O)(=O)c1ccc(F)cc1. The lowest BCUT2D eigenvalue weighted by Crippen LogP contribution is -2.31. The number of thiophene rings is 1. The van der Waals surface area contributed by atoms with Crippen LogP contribution >= 0.6 is 27.3 Å². The monoisotopic (exact) mass is 483 g/mol. The molecule has 9 heteroatoms. The number of hydrogen-bond acceptors (Lipinski definition) is 5. The molecule has 0 fully saturated rings.